The van der Waals surface area contributed by atoms with Crippen LogP contribution in [-0.4, -0.2) is 48.1 Å². The van der Waals surface area contributed by atoms with Crippen molar-refractivity contribution < 1.29 is 19.1 Å². The molecule has 0 atom stereocenters. The molecule has 0 aromatic carbocycles. The van der Waals surface area contributed by atoms with Gasteiger partial charge >= 0.3 is 12.1 Å². The lowest BCUT2D eigenvalue weighted by atomic mass is 9.82. The summed E-state index contributed by atoms with van der Waals surface area (Å²) in [4.78, 5) is 24.8. The lowest BCUT2D eigenvalue weighted by Crippen LogP contribution is -2.64. The first kappa shape index (κ1) is 14.3. The number of methoxy groups -OCH3 is 1. The van der Waals surface area contributed by atoms with E-state index in [1.807, 2.05) is 20.8 Å². The summed E-state index contributed by atoms with van der Waals surface area (Å²) in [6.07, 6.45) is -0.391. The molecule has 1 aliphatic rings. The van der Waals surface area contributed by atoms with Gasteiger partial charge in [-0.05, 0) is 20.8 Å². The number of alkyl halides is 1. The Morgan fingerprint density at radius 1 is 1.35 bits per heavy atom. The molecule has 1 saturated heterocycles. The molecule has 98 valence electrons. The van der Waals surface area contributed by atoms with Gasteiger partial charge in [0, 0.05) is 18.4 Å². The van der Waals surface area contributed by atoms with Crippen LogP contribution in [0.5, 0.6) is 0 Å². The van der Waals surface area contributed by atoms with Crippen LogP contribution >= 0.6 is 15.9 Å². The predicted octanol–water partition coefficient (Wildman–Crippen LogP) is 1.79. The number of rotatable bonds is 2. The Morgan fingerprint density at radius 2 is 1.88 bits per heavy atom. The first-order chi connectivity index (χ1) is 7.74. The van der Waals surface area contributed by atoms with Crippen LogP contribution in [0.15, 0.2) is 0 Å². The zero-order valence-corrected chi connectivity index (χ0v) is 12.2. The molecule has 0 N–H and O–H groups in total. The fourth-order valence-corrected chi connectivity index (χ4v) is 2.21. The SMILES string of the molecule is COC(=O)C1(CBr)CN(C(=O)OC(C)(C)C)C1. The van der Waals surface area contributed by atoms with E-state index in [-0.39, 0.29) is 5.97 Å². The number of nitrogens with zero attached hydrogens (tertiary/aromatic N) is 1. The highest BCUT2D eigenvalue weighted by Gasteiger charge is 2.52. The van der Waals surface area contributed by atoms with E-state index in [4.69, 9.17) is 9.47 Å². The Hall–Kier alpha value is -0.780. The van der Waals surface area contributed by atoms with Crippen molar-refractivity contribution in [3.05, 3.63) is 0 Å². The zero-order valence-electron chi connectivity index (χ0n) is 10.6. The molecule has 17 heavy (non-hydrogen) atoms. The van der Waals surface area contributed by atoms with E-state index in [9.17, 15) is 9.59 Å². The summed E-state index contributed by atoms with van der Waals surface area (Å²) >= 11 is 3.28. The van der Waals surface area contributed by atoms with Gasteiger partial charge < -0.3 is 14.4 Å². The zero-order chi connectivity index (χ0) is 13.3. The summed E-state index contributed by atoms with van der Waals surface area (Å²) in [6.45, 7) is 6.09. The van der Waals surface area contributed by atoms with E-state index in [0.717, 1.165) is 0 Å². The number of likely N-dealkylation sites (tertiary alicyclic amines) is 1. The normalized spacial score (nSPS) is 18.3. The van der Waals surface area contributed by atoms with Crippen molar-refractivity contribution in [1.82, 2.24) is 4.90 Å². The van der Waals surface area contributed by atoms with Crippen molar-refractivity contribution in [3.8, 4) is 0 Å². The van der Waals surface area contributed by atoms with Gasteiger partial charge in [-0.2, -0.15) is 0 Å². The number of carbonyl (C=O) groups is 2. The third-order valence-electron chi connectivity index (χ3n) is 2.51. The van der Waals surface area contributed by atoms with Gasteiger partial charge in [0.05, 0.1) is 7.11 Å². The highest BCUT2D eigenvalue weighted by atomic mass is 79.9. The van der Waals surface area contributed by atoms with Gasteiger partial charge in [-0.15, -0.1) is 0 Å². The maximum atomic E-state index is 11.7. The number of halogens is 1. The van der Waals surface area contributed by atoms with Gasteiger partial charge in [-0.3, -0.25) is 4.79 Å². The summed E-state index contributed by atoms with van der Waals surface area (Å²) in [6, 6.07) is 0. The maximum absolute atomic E-state index is 11.7. The summed E-state index contributed by atoms with van der Waals surface area (Å²) < 4.78 is 9.94. The van der Waals surface area contributed by atoms with Gasteiger partial charge in [0.2, 0.25) is 0 Å². The Labute approximate surface area is 110 Å². The van der Waals surface area contributed by atoms with Gasteiger partial charge in [0.15, 0.2) is 0 Å². The van der Waals surface area contributed by atoms with Crippen LogP contribution < -0.4 is 0 Å². The largest absolute Gasteiger partial charge is 0.468 e. The second kappa shape index (κ2) is 4.84. The van der Waals surface area contributed by atoms with Crippen LogP contribution in [0.3, 0.4) is 0 Å². The van der Waals surface area contributed by atoms with Gasteiger partial charge in [0.25, 0.3) is 0 Å². The van der Waals surface area contributed by atoms with Gasteiger partial charge in [-0.25, -0.2) is 4.79 Å². The molecule has 0 aliphatic carbocycles. The smallest absolute Gasteiger partial charge is 0.410 e. The van der Waals surface area contributed by atoms with E-state index >= 15 is 0 Å². The van der Waals surface area contributed by atoms with Crippen LogP contribution in [0.2, 0.25) is 0 Å². The Kier molecular flexibility index (Phi) is 4.06. The van der Waals surface area contributed by atoms with Crippen molar-refractivity contribution in [3.63, 3.8) is 0 Å². The van der Waals surface area contributed by atoms with E-state index in [1.54, 1.807) is 0 Å². The minimum Gasteiger partial charge on any atom is -0.468 e. The molecular formula is C11H18BrNO4. The molecule has 0 bridgehead atoms. The maximum Gasteiger partial charge on any atom is 0.410 e. The lowest BCUT2D eigenvalue weighted by molar-refractivity contribution is -0.160. The lowest BCUT2D eigenvalue weighted by Gasteiger charge is -2.46. The van der Waals surface area contributed by atoms with Gasteiger partial charge in [-0.1, -0.05) is 15.9 Å². The molecule has 0 radical (unpaired) electrons. The van der Waals surface area contributed by atoms with E-state index in [0.29, 0.717) is 18.4 Å². The third kappa shape index (κ3) is 3.12. The fraction of sp³-hybridized carbons (Fsp3) is 0.818. The van der Waals surface area contributed by atoms with E-state index in [1.165, 1.54) is 12.0 Å². The number of hydrogen-bond donors (Lipinski definition) is 0. The molecule has 6 heteroatoms. The Balaban J connectivity index is 2.55. The second-order valence-electron chi connectivity index (χ2n) is 5.24. The van der Waals surface area contributed by atoms with Crippen LogP contribution in [0.25, 0.3) is 0 Å². The van der Waals surface area contributed by atoms with Crippen LogP contribution in [0.4, 0.5) is 4.79 Å². The highest BCUT2D eigenvalue weighted by molar-refractivity contribution is 9.09. The summed E-state index contributed by atoms with van der Waals surface area (Å²) in [5.74, 6) is -0.297. The number of hydrogen-bond acceptors (Lipinski definition) is 4. The quantitative estimate of drug-likeness (QED) is 0.576. The predicted molar refractivity (Wildman–Crippen MR) is 66.1 cm³/mol. The molecule has 1 fully saturated rings. The molecule has 5 nitrogen and oxygen atoms in total. The number of amides is 1. The Morgan fingerprint density at radius 3 is 2.24 bits per heavy atom. The molecule has 1 aliphatic heterocycles. The van der Waals surface area contributed by atoms with E-state index < -0.39 is 17.1 Å². The molecule has 0 saturated carbocycles. The summed E-state index contributed by atoms with van der Waals surface area (Å²) in [5, 5.41) is 0.478. The van der Waals surface area contributed by atoms with E-state index in [2.05, 4.69) is 15.9 Å². The van der Waals surface area contributed by atoms with Crippen molar-refractivity contribution in [2.45, 2.75) is 26.4 Å². The van der Waals surface area contributed by atoms with Crippen LogP contribution in [0, 0.1) is 5.41 Å². The van der Waals surface area contributed by atoms with Crippen LogP contribution in [0.1, 0.15) is 20.8 Å². The molecule has 0 aromatic rings. The minimum absolute atomic E-state index is 0.297. The van der Waals surface area contributed by atoms with Crippen molar-refractivity contribution in [1.29, 1.82) is 0 Å². The second-order valence-corrected chi connectivity index (χ2v) is 5.80. The Bertz CT molecular complexity index is 318. The van der Waals surface area contributed by atoms with Crippen molar-refractivity contribution >= 4 is 28.0 Å². The number of ether oxygens (including phenoxy) is 2. The number of carbonyl (C=O) groups excluding carboxylic acids is 2. The molecular weight excluding hydrogens is 290 g/mol. The molecule has 1 heterocycles. The average molecular weight is 308 g/mol. The average Bonchev–Trinajstić information content (AvgIpc) is 2.13. The number of esters is 1. The summed E-state index contributed by atoms with van der Waals surface area (Å²) in [5.41, 5.74) is -1.14. The van der Waals surface area contributed by atoms with Crippen molar-refractivity contribution in [2.24, 2.45) is 5.41 Å². The first-order valence-electron chi connectivity index (χ1n) is 5.36. The molecule has 1 rings (SSSR count). The standard InChI is InChI=1S/C11H18BrNO4/c1-10(2,3)17-9(15)13-6-11(5-12,7-13)8(14)16-4/h5-7H2,1-4H3. The fourth-order valence-electron chi connectivity index (χ4n) is 1.62. The third-order valence-corrected chi connectivity index (χ3v) is 3.59. The van der Waals surface area contributed by atoms with Gasteiger partial charge in [0.1, 0.15) is 11.0 Å². The van der Waals surface area contributed by atoms with Crippen molar-refractivity contribution in [2.75, 3.05) is 25.5 Å². The summed E-state index contributed by atoms with van der Waals surface area (Å²) in [7, 11) is 1.35. The van der Waals surface area contributed by atoms with Crippen LogP contribution in [-0.2, 0) is 14.3 Å². The molecule has 0 aromatic heterocycles. The molecule has 1 amide bonds. The first-order valence-corrected chi connectivity index (χ1v) is 6.48. The monoisotopic (exact) mass is 307 g/mol. The molecule has 0 spiro atoms. The molecule has 0 unspecified atom stereocenters. The highest BCUT2D eigenvalue weighted by Crippen LogP contribution is 2.34. The topological polar surface area (TPSA) is 55.8 Å². The minimum atomic E-state index is -0.619.